The normalized spacial score (nSPS) is 37.7. The molecule has 0 radical (unpaired) electrons. The summed E-state index contributed by atoms with van der Waals surface area (Å²) in [5, 5.41) is 8.65. The molecule has 0 saturated carbocycles. The molecule has 2 nitrogen and oxygen atoms in total. The van der Waals surface area contributed by atoms with E-state index >= 15 is 0 Å². The highest BCUT2D eigenvalue weighted by molar-refractivity contribution is 4.81. The monoisotopic (exact) mass is 133 g/mol. The maximum atomic E-state index is 12.5. The molecule has 0 bridgehead atoms. The average Bonchev–Trinajstić information content (AvgIpc) is 2.10. The van der Waals surface area contributed by atoms with Gasteiger partial charge in [-0.2, -0.15) is 0 Å². The summed E-state index contributed by atoms with van der Waals surface area (Å²) in [5.74, 6) is 0. The molecule has 1 aliphatic heterocycles. The van der Waals surface area contributed by atoms with Crippen molar-refractivity contribution in [1.29, 1.82) is 0 Å². The van der Waals surface area contributed by atoms with Gasteiger partial charge >= 0.3 is 0 Å². The molecule has 1 fully saturated rings. The summed E-state index contributed by atoms with van der Waals surface area (Å²) < 4.78 is 12.5. The number of hydrogen-bond acceptors (Lipinski definition) is 2. The lowest BCUT2D eigenvalue weighted by Crippen LogP contribution is -2.27. The van der Waals surface area contributed by atoms with Crippen molar-refractivity contribution < 1.29 is 9.50 Å². The van der Waals surface area contributed by atoms with Gasteiger partial charge < -0.3 is 5.11 Å². The number of nitrogens with zero attached hydrogens (tertiary/aromatic N) is 1. The number of rotatable bonds is 1. The van der Waals surface area contributed by atoms with Gasteiger partial charge in [0.1, 0.15) is 6.17 Å². The third-order valence-electron chi connectivity index (χ3n) is 1.85. The minimum absolute atomic E-state index is 0.0556. The van der Waals surface area contributed by atoms with Crippen LogP contribution in [-0.2, 0) is 0 Å². The van der Waals surface area contributed by atoms with Crippen molar-refractivity contribution in [2.75, 3.05) is 20.2 Å². The zero-order valence-electron chi connectivity index (χ0n) is 5.55. The molecule has 1 N–H and O–H groups in total. The van der Waals surface area contributed by atoms with Gasteiger partial charge in [0.25, 0.3) is 0 Å². The van der Waals surface area contributed by atoms with E-state index in [4.69, 9.17) is 5.11 Å². The van der Waals surface area contributed by atoms with Gasteiger partial charge in [-0.15, -0.1) is 0 Å². The van der Waals surface area contributed by atoms with E-state index in [1.807, 2.05) is 11.9 Å². The van der Waals surface area contributed by atoms with Gasteiger partial charge in [0.05, 0.1) is 6.61 Å². The number of likely N-dealkylation sites (tertiary alicyclic amines) is 1. The maximum absolute atomic E-state index is 12.5. The molecule has 1 rings (SSSR count). The van der Waals surface area contributed by atoms with Crippen LogP contribution in [0.15, 0.2) is 0 Å². The number of likely N-dealkylation sites (N-methyl/N-ethyl adjacent to an activating group) is 1. The third-order valence-corrected chi connectivity index (χ3v) is 1.85. The highest BCUT2D eigenvalue weighted by atomic mass is 19.1. The summed E-state index contributed by atoms with van der Waals surface area (Å²) in [4.78, 5) is 1.85. The predicted molar refractivity (Wildman–Crippen MR) is 33.0 cm³/mol. The van der Waals surface area contributed by atoms with Crippen molar-refractivity contribution in [3.05, 3.63) is 0 Å². The molecule has 3 heteroatoms. The molecule has 1 heterocycles. The second-order valence-electron chi connectivity index (χ2n) is 2.61. The van der Waals surface area contributed by atoms with Crippen LogP contribution in [0, 0.1) is 0 Å². The first-order valence-electron chi connectivity index (χ1n) is 3.19. The van der Waals surface area contributed by atoms with E-state index in [1.54, 1.807) is 0 Å². The van der Waals surface area contributed by atoms with Gasteiger partial charge in [-0.25, -0.2) is 4.39 Å². The fourth-order valence-corrected chi connectivity index (χ4v) is 1.23. The van der Waals surface area contributed by atoms with E-state index in [0.717, 1.165) is 0 Å². The molecule has 0 unspecified atom stereocenters. The molecule has 0 aromatic rings. The van der Waals surface area contributed by atoms with Crippen molar-refractivity contribution in [2.45, 2.75) is 18.6 Å². The van der Waals surface area contributed by atoms with Crippen molar-refractivity contribution in [3.63, 3.8) is 0 Å². The smallest absolute Gasteiger partial charge is 0.114 e. The summed E-state index contributed by atoms with van der Waals surface area (Å²) in [6.45, 7) is 0.558. The largest absolute Gasteiger partial charge is 0.395 e. The second-order valence-corrected chi connectivity index (χ2v) is 2.61. The SMILES string of the molecule is CN1C[C@H](F)C[C@H]1CO. The van der Waals surface area contributed by atoms with E-state index in [2.05, 4.69) is 0 Å². The number of hydrogen-bond donors (Lipinski definition) is 1. The Morgan fingerprint density at radius 1 is 1.78 bits per heavy atom. The molecular formula is C6H12FNO. The Morgan fingerprint density at radius 3 is 2.67 bits per heavy atom. The summed E-state index contributed by atoms with van der Waals surface area (Å²) >= 11 is 0. The van der Waals surface area contributed by atoms with Crippen LogP contribution in [0.3, 0.4) is 0 Å². The number of alkyl halides is 1. The van der Waals surface area contributed by atoms with Crippen molar-refractivity contribution in [3.8, 4) is 0 Å². The van der Waals surface area contributed by atoms with Crippen LogP contribution in [0.4, 0.5) is 4.39 Å². The van der Waals surface area contributed by atoms with Crippen molar-refractivity contribution in [1.82, 2.24) is 4.90 Å². The van der Waals surface area contributed by atoms with Crippen LogP contribution >= 0.6 is 0 Å². The summed E-state index contributed by atoms with van der Waals surface area (Å²) in [5.41, 5.74) is 0. The molecule has 0 amide bonds. The van der Waals surface area contributed by atoms with Crippen LogP contribution in [0.25, 0.3) is 0 Å². The number of halogens is 1. The minimum atomic E-state index is -0.729. The van der Waals surface area contributed by atoms with E-state index in [1.165, 1.54) is 0 Å². The van der Waals surface area contributed by atoms with Crippen LogP contribution < -0.4 is 0 Å². The molecule has 2 atom stereocenters. The van der Waals surface area contributed by atoms with Gasteiger partial charge in [-0.05, 0) is 13.5 Å². The summed E-state index contributed by atoms with van der Waals surface area (Å²) in [6.07, 6.45) is -0.236. The summed E-state index contributed by atoms with van der Waals surface area (Å²) in [7, 11) is 1.83. The molecule has 0 aliphatic carbocycles. The molecule has 0 aromatic carbocycles. The Labute approximate surface area is 54.3 Å². The molecule has 1 saturated heterocycles. The third kappa shape index (κ3) is 1.40. The standard InChI is InChI=1S/C6H12FNO/c1-8-3-5(7)2-6(8)4-9/h5-6,9H,2-4H2,1H3/t5-,6+/m1/s1. The van der Waals surface area contributed by atoms with Crippen LogP contribution in [0.1, 0.15) is 6.42 Å². The van der Waals surface area contributed by atoms with Crippen LogP contribution in [-0.4, -0.2) is 42.4 Å². The fourth-order valence-electron chi connectivity index (χ4n) is 1.23. The molecular weight excluding hydrogens is 121 g/mol. The lowest BCUT2D eigenvalue weighted by Gasteiger charge is -2.14. The summed E-state index contributed by atoms with van der Waals surface area (Å²) in [6, 6.07) is 0.0556. The first-order valence-corrected chi connectivity index (χ1v) is 3.19. The van der Waals surface area contributed by atoms with Crippen molar-refractivity contribution in [2.24, 2.45) is 0 Å². The van der Waals surface area contributed by atoms with Crippen molar-refractivity contribution >= 4 is 0 Å². The Kier molecular flexibility index (Phi) is 2.03. The van der Waals surface area contributed by atoms with E-state index < -0.39 is 6.17 Å². The lowest BCUT2D eigenvalue weighted by molar-refractivity contribution is 0.182. The molecule has 0 spiro atoms. The predicted octanol–water partition coefficient (Wildman–Crippen LogP) is 0.0209. The number of aliphatic hydroxyl groups excluding tert-OH is 1. The fraction of sp³-hybridized carbons (Fsp3) is 1.00. The quantitative estimate of drug-likeness (QED) is 0.545. The Morgan fingerprint density at radius 2 is 2.44 bits per heavy atom. The van der Waals surface area contributed by atoms with Gasteiger partial charge in [-0.3, -0.25) is 4.90 Å². The van der Waals surface area contributed by atoms with Gasteiger partial charge in [0.15, 0.2) is 0 Å². The first-order chi connectivity index (χ1) is 4.24. The Hall–Kier alpha value is -0.150. The zero-order valence-corrected chi connectivity index (χ0v) is 5.55. The zero-order chi connectivity index (χ0) is 6.85. The Bertz CT molecular complexity index is 99.1. The maximum Gasteiger partial charge on any atom is 0.114 e. The molecule has 1 aliphatic rings. The molecule has 54 valence electrons. The van der Waals surface area contributed by atoms with Gasteiger partial charge in [0.2, 0.25) is 0 Å². The average molecular weight is 133 g/mol. The highest BCUT2D eigenvalue weighted by Gasteiger charge is 2.28. The second kappa shape index (κ2) is 2.62. The van der Waals surface area contributed by atoms with Crippen LogP contribution in [0.5, 0.6) is 0 Å². The van der Waals surface area contributed by atoms with E-state index in [-0.39, 0.29) is 12.6 Å². The van der Waals surface area contributed by atoms with E-state index in [9.17, 15) is 4.39 Å². The minimum Gasteiger partial charge on any atom is -0.395 e. The van der Waals surface area contributed by atoms with E-state index in [0.29, 0.717) is 13.0 Å². The number of aliphatic hydroxyl groups is 1. The first kappa shape index (κ1) is 6.96. The highest BCUT2D eigenvalue weighted by Crippen LogP contribution is 2.17. The topological polar surface area (TPSA) is 23.5 Å². The van der Waals surface area contributed by atoms with Gasteiger partial charge in [0, 0.05) is 12.6 Å². The molecule has 0 aromatic heterocycles. The Balaban J connectivity index is 2.38. The lowest BCUT2D eigenvalue weighted by atomic mass is 10.2. The molecule has 9 heavy (non-hydrogen) atoms. The van der Waals surface area contributed by atoms with Gasteiger partial charge in [-0.1, -0.05) is 0 Å². The van der Waals surface area contributed by atoms with Crippen LogP contribution in [0.2, 0.25) is 0 Å².